The summed E-state index contributed by atoms with van der Waals surface area (Å²) in [6.45, 7) is 0. The van der Waals surface area contributed by atoms with E-state index in [1.807, 2.05) is 6.07 Å². The number of allylic oxidation sites excluding steroid dienone is 1. The molecule has 0 aliphatic rings. The maximum absolute atomic E-state index is 12.3. The lowest BCUT2D eigenvalue weighted by Gasteiger charge is -2.08. The average Bonchev–Trinajstić information content (AvgIpc) is 2.59. The molecule has 0 aromatic heterocycles. The molecular formula is C18H12F3NO3. The van der Waals surface area contributed by atoms with Gasteiger partial charge in [-0.2, -0.15) is 18.4 Å². The lowest BCUT2D eigenvalue weighted by Crippen LogP contribution is -2.27. The van der Waals surface area contributed by atoms with Crippen molar-refractivity contribution in [3.05, 3.63) is 59.7 Å². The number of alkyl halides is 3. The first kappa shape index (κ1) is 18.1. The number of ether oxygens (including phenoxy) is 2. The second-order valence-corrected chi connectivity index (χ2v) is 4.83. The molecule has 0 spiro atoms. The minimum atomic E-state index is -5.08. The fourth-order valence-corrected chi connectivity index (χ4v) is 2.04. The first-order valence-electron chi connectivity index (χ1n) is 6.99. The molecule has 0 aliphatic carbocycles. The third-order valence-corrected chi connectivity index (χ3v) is 3.13. The molecule has 4 nitrogen and oxygen atoms in total. The zero-order valence-corrected chi connectivity index (χ0v) is 13.0. The molecular weight excluding hydrogens is 335 g/mol. The number of nitriles is 1. The Hall–Kier alpha value is -3.27. The van der Waals surface area contributed by atoms with E-state index < -0.39 is 12.1 Å². The number of hydrogen-bond donors (Lipinski definition) is 0. The molecule has 0 heterocycles. The zero-order valence-electron chi connectivity index (χ0n) is 13.0. The third-order valence-electron chi connectivity index (χ3n) is 3.13. The molecule has 0 unspecified atom stereocenters. The van der Waals surface area contributed by atoms with Crippen LogP contribution < -0.4 is 9.47 Å². The van der Waals surface area contributed by atoms with Crippen molar-refractivity contribution >= 4 is 17.6 Å². The molecule has 0 N–H and O–H groups in total. The van der Waals surface area contributed by atoms with Gasteiger partial charge in [0.15, 0.2) is 0 Å². The highest BCUT2D eigenvalue weighted by Gasteiger charge is 2.41. The molecule has 0 saturated carbocycles. The van der Waals surface area contributed by atoms with Gasteiger partial charge < -0.3 is 9.47 Å². The number of nitrogens with zero attached hydrogens (tertiary/aromatic N) is 1. The van der Waals surface area contributed by atoms with Gasteiger partial charge in [-0.3, -0.25) is 0 Å². The fraction of sp³-hybridized carbons (Fsp3) is 0.111. The highest BCUT2D eigenvalue weighted by Crippen LogP contribution is 2.28. The van der Waals surface area contributed by atoms with Gasteiger partial charge >= 0.3 is 12.1 Å². The van der Waals surface area contributed by atoms with Crippen LogP contribution in [0.15, 0.2) is 48.5 Å². The van der Waals surface area contributed by atoms with Crippen LogP contribution in [0.4, 0.5) is 13.2 Å². The number of benzene rings is 2. The number of rotatable bonds is 4. The highest BCUT2D eigenvalue weighted by atomic mass is 19.4. The predicted molar refractivity (Wildman–Crippen MR) is 84.6 cm³/mol. The van der Waals surface area contributed by atoms with E-state index in [9.17, 15) is 23.2 Å². The largest absolute Gasteiger partial charge is 0.496 e. The van der Waals surface area contributed by atoms with Gasteiger partial charge in [0, 0.05) is 5.56 Å². The molecule has 2 aromatic carbocycles. The third kappa shape index (κ3) is 4.61. The summed E-state index contributed by atoms with van der Waals surface area (Å²) < 4.78 is 46.3. The van der Waals surface area contributed by atoms with Crippen molar-refractivity contribution in [2.45, 2.75) is 6.18 Å². The Morgan fingerprint density at radius 2 is 1.88 bits per heavy atom. The van der Waals surface area contributed by atoms with Crippen LogP contribution in [0.3, 0.4) is 0 Å². The van der Waals surface area contributed by atoms with E-state index in [0.29, 0.717) is 16.9 Å². The van der Waals surface area contributed by atoms with Crippen LogP contribution in [0.25, 0.3) is 11.6 Å². The van der Waals surface area contributed by atoms with E-state index in [1.54, 1.807) is 30.3 Å². The molecule has 0 fully saturated rings. The van der Waals surface area contributed by atoms with Gasteiger partial charge in [0.25, 0.3) is 0 Å². The number of methoxy groups -OCH3 is 1. The highest BCUT2D eigenvalue weighted by molar-refractivity contribution is 5.91. The monoisotopic (exact) mass is 347 g/mol. The maximum Gasteiger partial charge on any atom is 0.491 e. The van der Waals surface area contributed by atoms with Crippen LogP contribution in [-0.4, -0.2) is 19.3 Å². The van der Waals surface area contributed by atoms with Crippen LogP contribution in [0.5, 0.6) is 11.5 Å². The number of halogens is 3. The summed E-state index contributed by atoms with van der Waals surface area (Å²) in [6.07, 6.45) is -3.62. The van der Waals surface area contributed by atoms with E-state index in [0.717, 1.165) is 0 Å². The smallest absolute Gasteiger partial charge is 0.491 e. The molecule has 25 heavy (non-hydrogen) atoms. The summed E-state index contributed by atoms with van der Waals surface area (Å²) in [5.41, 5.74) is 1.18. The van der Waals surface area contributed by atoms with Crippen LogP contribution in [0, 0.1) is 11.3 Å². The van der Waals surface area contributed by atoms with Crippen LogP contribution in [0.2, 0.25) is 0 Å². The Bertz CT molecular complexity index is 851. The summed E-state index contributed by atoms with van der Waals surface area (Å²) >= 11 is 0. The summed E-state index contributed by atoms with van der Waals surface area (Å²) in [7, 11) is 1.46. The topological polar surface area (TPSA) is 59.3 Å². The van der Waals surface area contributed by atoms with Crippen molar-refractivity contribution in [3.8, 4) is 17.6 Å². The van der Waals surface area contributed by atoms with Crippen LogP contribution >= 0.6 is 0 Å². The lowest BCUT2D eigenvalue weighted by molar-refractivity contribution is -0.189. The predicted octanol–water partition coefficient (Wildman–Crippen LogP) is 4.23. The van der Waals surface area contributed by atoms with Crippen molar-refractivity contribution in [2.75, 3.05) is 7.11 Å². The molecule has 2 aromatic rings. The molecule has 2 rings (SSSR count). The molecule has 0 aliphatic heterocycles. The summed E-state index contributed by atoms with van der Waals surface area (Å²) in [4.78, 5) is 10.9. The van der Waals surface area contributed by atoms with E-state index in [1.165, 1.54) is 31.4 Å². The maximum atomic E-state index is 12.3. The normalized spacial score (nSPS) is 11.6. The first-order valence-corrected chi connectivity index (χ1v) is 6.99. The summed E-state index contributed by atoms with van der Waals surface area (Å²) in [5.74, 6) is -2.10. The van der Waals surface area contributed by atoms with Crippen molar-refractivity contribution in [2.24, 2.45) is 0 Å². The van der Waals surface area contributed by atoms with E-state index in [4.69, 9.17) is 4.74 Å². The number of hydrogen-bond acceptors (Lipinski definition) is 4. The summed E-state index contributed by atoms with van der Waals surface area (Å²) in [6, 6.07) is 14.3. The molecule has 0 amide bonds. The van der Waals surface area contributed by atoms with Crippen molar-refractivity contribution in [3.63, 3.8) is 0 Å². The molecule has 0 atom stereocenters. The SMILES string of the molecule is COc1ccccc1/C(C#N)=C\c1cccc(OC(=O)C(F)(F)F)c1. The average molecular weight is 347 g/mol. The van der Waals surface area contributed by atoms with Gasteiger partial charge in [-0.25, -0.2) is 4.79 Å². The number of carbonyl (C=O) groups excluding carboxylic acids is 1. The minimum absolute atomic E-state index is 0.247. The van der Waals surface area contributed by atoms with E-state index in [-0.39, 0.29) is 11.3 Å². The summed E-state index contributed by atoms with van der Waals surface area (Å²) in [5, 5.41) is 9.37. The standard InChI is InChI=1S/C18H12F3NO3/c1-24-16-8-3-2-7-15(16)13(11-22)9-12-5-4-6-14(10-12)25-17(23)18(19,20)21/h2-10H,1H3/b13-9-. The van der Waals surface area contributed by atoms with E-state index >= 15 is 0 Å². The van der Waals surface area contributed by atoms with Gasteiger partial charge in [0.1, 0.15) is 11.5 Å². The minimum Gasteiger partial charge on any atom is -0.496 e. The molecule has 0 saturated heterocycles. The quantitative estimate of drug-likeness (QED) is 0.359. The zero-order chi connectivity index (χ0) is 18.4. The van der Waals surface area contributed by atoms with Gasteiger partial charge in [0.2, 0.25) is 0 Å². The number of esters is 1. The number of carbonyl (C=O) groups is 1. The Balaban J connectivity index is 2.35. The Morgan fingerprint density at radius 3 is 2.52 bits per heavy atom. The fourth-order valence-electron chi connectivity index (χ4n) is 2.04. The van der Waals surface area contributed by atoms with Crippen molar-refractivity contribution in [1.82, 2.24) is 0 Å². The Labute approximate surface area is 141 Å². The Morgan fingerprint density at radius 1 is 1.16 bits per heavy atom. The van der Waals surface area contributed by atoms with E-state index in [2.05, 4.69) is 4.74 Å². The van der Waals surface area contributed by atoms with Gasteiger partial charge in [-0.05, 0) is 35.9 Å². The lowest BCUT2D eigenvalue weighted by atomic mass is 10.0. The van der Waals surface area contributed by atoms with Crippen molar-refractivity contribution in [1.29, 1.82) is 5.26 Å². The second-order valence-electron chi connectivity index (χ2n) is 4.83. The molecule has 0 radical (unpaired) electrons. The molecule has 128 valence electrons. The Kier molecular flexibility index (Phi) is 5.45. The molecule has 7 heteroatoms. The molecule has 0 bridgehead atoms. The second kappa shape index (κ2) is 7.53. The van der Waals surface area contributed by atoms with Crippen molar-refractivity contribution < 1.29 is 27.4 Å². The van der Waals surface area contributed by atoms with Crippen LogP contribution in [0.1, 0.15) is 11.1 Å². The number of para-hydroxylation sites is 1. The first-order chi connectivity index (χ1) is 11.8. The van der Waals surface area contributed by atoms with Gasteiger partial charge in [-0.1, -0.05) is 24.3 Å². The van der Waals surface area contributed by atoms with Crippen LogP contribution in [-0.2, 0) is 4.79 Å². The van der Waals surface area contributed by atoms with Gasteiger partial charge in [-0.15, -0.1) is 0 Å². The van der Waals surface area contributed by atoms with Gasteiger partial charge in [0.05, 0.1) is 18.8 Å².